The van der Waals surface area contributed by atoms with Gasteiger partial charge in [-0.05, 0) is 37.1 Å². The molecule has 2 unspecified atom stereocenters. The largest absolute Gasteiger partial charge is 0.311 e. The van der Waals surface area contributed by atoms with E-state index in [1.165, 1.54) is 38.9 Å². The van der Waals surface area contributed by atoms with E-state index in [2.05, 4.69) is 51.8 Å². The standard InChI is InChI=1S/C16H34N2/c1-7-14-12-18(9-8-16(4,5)6)15(11-17-14)10-13(2)3/h13-15,17H,7-12H2,1-6H3. The highest BCUT2D eigenvalue weighted by Gasteiger charge is 2.28. The summed E-state index contributed by atoms with van der Waals surface area (Å²) in [5.41, 5.74) is 0.453. The van der Waals surface area contributed by atoms with Gasteiger partial charge in [0.1, 0.15) is 0 Å². The van der Waals surface area contributed by atoms with Gasteiger partial charge in [-0.3, -0.25) is 4.90 Å². The smallest absolute Gasteiger partial charge is 0.0223 e. The van der Waals surface area contributed by atoms with Crippen molar-refractivity contribution in [3.8, 4) is 0 Å². The van der Waals surface area contributed by atoms with E-state index < -0.39 is 0 Å². The van der Waals surface area contributed by atoms with Crippen LogP contribution in [0.5, 0.6) is 0 Å². The molecule has 0 aromatic carbocycles. The molecular formula is C16H34N2. The van der Waals surface area contributed by atoms with Crippen molar-refractivity contribution < 1.29 is 0 Å². The Morgan fingerprint density at radius 1 is 1.28 bits per heavy atom. The summed E-state index contributed by atoms with van der Waals surface area (Å²) in [5.74, 6) is 0.798. The van der Waals surface area contributed by atoms with E-state index in [1.54, 1.807) is 0 Å². The Hall–Kier alpha value is -0.0800. The van der Waals surface area contributed by atoms with Gasteiger partial charge in [-0.15, -0.1) is 0 Å². The molecule has 0 bridgehead atoms. The second kappa shape index (κ2) is 6.91. The van der Waals surface area contributed by atoms with Gasteiger partial charge in [0.15, 0.2) is 0 Å². The fourth-order valence-electron chi connectivity index (χ4n) is 2.73. The summed E-state index contributed by atoms with van der Waals surface area (Å²) >= 11 is 0. The van der Waals surface area contributed by atoms with Gasteiger partial charge in [-0.25, -0.2) is 0 Å². The van der Waals surface area contributed by atoms with Gasteiger partial charge in [0.25, 0.3) is 0 Å². The Bertz CT molecular complexity index is 230. The SMILES string of the molecule is CCC1CN(CCC(C)(C)C)C(CC(C)C)CN1. The lowest BCUT2D eigenvalue weighted by Crippen LogP contribution is -2.57. The molecule has 108 valence electrons. The van der Waals surface area contributed by atoms with Crippen LogP contribution in [0, 0.1) is 11.3 Å². The van der Waals surface area contributed by atoms with Crippen LogP contribution in [0.4, 0.5) is 0 Å². The van der Waals surface area contributed by atoms with Gasteiger partial charge < -0.3 is 5.32 Å². The minimum atomic E-state index is 0.453. The molecule has 0 spiro atoms. The van der Waals surface area contributed by atoms with Gasteiger partial charge in [0.05, 0.1) is 0 Å². The zero-order valence-electron chi connectivity index (χ0n) is 13.4. The molecule has 2 atom stereocenters. The highest BCUT2D eigenvalue weighted by Crippen LogP contribution is 2.22. The summed E-state index contributed by atoms with van der Waals surface area (Å²) in [4.78, 5) is 2.75. The predicted octanol–water partition coefficient (Wildman–Crippen LogP) is 3.52. The first-order valence-corrected chi connectivity index (χ1v) is 7.79. The predicted molar refractivity (Wildman–Crippen MR) is 81.0 cm³/mol. The number of hydrogen-bond acceptors (Lipinski definition) is 2. The molecule has 1 aliphatic heterocycles. The number of rotatable bonds is 5. The van der Waals surface area contributed by atoms with Crippen molar-refractivity contribution in [3.63, 3.8) is 0 Å². The van der Waals surface area contributed by atoms with Crippen LogP contribution in [0.25, 0.3) is 0 Å². The van der Waals surface area contributed by atoms with Crippen molar-refractivity contribution in [3.05, 3.63) is 0 Å². The molecule has 0 aliphatic carbocycles. The zero-order chi connectivity index (χ0) is 13.8. The fraction of sp³-hybridized carbons (Fsp3) is 1.00. The normalized spacial score (nSPS) is 26.8. The van der Waals surface area contributed by atoms with Crippen LogP contribution in [0.2, 0.25) is 0 Å². The van der Waals surface area contributed by atoms with Gasteiger partial charge in [0, 0.05) is 25.2 Å². The van der Waals surface area contributed by atoms with Crippen LogP contribution in [-0.4, -0.2) is 36.6 Å². The summed E-state index contributed by atoms with van der Waals surface area (Å²) in [6.45, 7) is 17.7. The van der Waals surface area contributed by atoms with Crippen LogP contribution in [0.3, 0.4) is 0 Å². The first-order chi connectivity index (χ1) is 8.31. The minimum absolute atomic E-state index is 0.453. The molecule has 0 aromatic rings. The van der Waals surface area contributed by atoms with E-state index in [1.807, 2.05) is 0 Å². The Labute approximate surface area is 115 Å². The third-order valence-corrected chi connectivity index (χ3v) is 4.00. The first kappa shape index (κ1) is 16.0. The van der Waals surface area contributed by atoms with E-state index in [0.717, 1.165) is 12.0 Å². The highest BCUT2D eigenvalue weighted by molar-refractivity contribution is 4.86. The summed E-state index contributed by atoms with van der Waals surface area (Å²) in [5, 5.41) is 3.71. The lowest BCUT2D eigenvalue weighted by molar-refractivity contribution is 0.0992. The summed E-state index contributed by atoms with van der Waals surface area (Å²) in [6, 6.07) is 1.45. The molecule has 1 N–H and O–H groups in total. The van der Waals surface area contributed by atoms with E-state index in [0.29, 0.717) is 11.5 Å². The summed E-state index contributed by atoms with van der Waals surface area (Å²) in [6.07, 6.45) is 3.88. The number of nitrogens with one attached hydrogen (secondary N) is 1. The maximum absolute atomic E-state index is 3.71. The molecular weight excluding hydrogens is 220 g/mol. The first-order valence-electron chi connectivity index (χ1n) is 7.79. The van der Waals surface area contributed by atoms with E-state index in [4.69, 9.17) is 0 Å². The summed E-state index contributed by atoms with van der Waals surface area (Å²) < 4.78 is 0. The maximum atomic E-state index is 3.71. The topological polar surface area (TPSA) is 15.3 Å². The van der Waals surface area contributed by atoms with Crippen LogP contribution >= 0.6 is 0 Å². The number of nitrogens with zero attached hydrogens (tertiary/aromatic N) is 1. The molecule has 2 heteroatoms. The van der Waals surface area contributed by atoms with Crippen LogP contribution in [0.1, 0.15) is 60.8 Å². The number of piperazine rings is 1. The molecule has 2 nitrogen and oxygen atoms in total. The molecule has 1 fully saturated rings. The van der Waals surface area contributed by atoms with E-state index >= 15 is 0 Å². The molecule has 1 saturated heterocycles. The monoisotopic (exact) mass is 254 g/mol. The second-order valence-corrected chi connectivity index (χ2v) is 7.60. The lowest BCUT2D eigenvalue weighted by Gasteiger charge is -2.42. The van der Waals surface area contributed by atoms with E-state index in [-0.39, 0.29) is 0 Å². The van der Waals surface area contributed by atoms with Gasteiger partial charge >= 0.3 is 0 Å². The Balaban J connectivity index is 2.53. The highest BCUT2D eigenvalue weighted by atomic mass is 15.2. The van der Waals surface area contributed by atoms with Crippen molar-refractivity contribution in [2.75, 3.05) is 19.6 Å². The molecule has 1 heterocycles. The van der Waals surface area contributed by atoms with Gasteiger partial charge in [-0.2, -0.15) is 0 Å². The molecule has 0 saturated carbocycles. The Morgan fingerprint density at radius 2 is 1.94 bits per heavy atom. The van der Waals surface area contributed by atoms with Gasteiger partial charge in [-0.1, -0.05) is 41.5 Å². The van der Waals surface area contributed by atoms with Crippen molar-refractivity contribution in [1.82, 2.24) is 10.2 Å². The number of hydrogen-bond donors (Lipinski definition) is 1. The van der Waals surface area contributed by atoms with Gasteiger partial charge in [0.2, 0.25) is 0 Å². The van der Waals surface area contributed by atoms with Crippen molar-refractivity contribution in [2.24, 2.45) is 11.3 Å². The van der Waals surface area contributed by atoms with Crippen LogP contribution < -0.4 is 5.32 Å². The average molecular weight is 254 g/mol. The Kier molecular flexibility index (Phi) is 6.13. The zero-order valence-corrected chi connectivity index (χ0v) is 13.4. The average Bonchev–Trinajstić information content (AvgIpc) is 2.26. The second-order valence-electron chi connectivity index (χ2n) is 7.60. The lowest BCUT2D eigenvalue weighted by atomic mass is 9.90. The molecule has 0 radical (unpaired) electrons. The van der Waals surface area contributed by atoms with Crippen molar-refractivity contribution >= 4 is 0 Å². The molecule has 1 rings (SSSR count). The molecule has 0 aromatic heterocycles. The fourth-order valence-corrected chi connectivity index (χ4v) is 2.73. The van der Waals surface area contributed by atoms with Crippen LogP contribution in [0.15, 0.2) is 0 Å². The quantitative estimate of drug-likeness (QED) is 0.807. The molecule has 0 amide bonds. The van der Waals surface area contributed by atoms with Crippen molar-refractivity contribution in [2.45, 2.75) is 72.9 Å². The maximum Gasteiger partial charge on any atom is 0.0223 e. The summed E-state index contributed by atoms with van der Waals surface area (Å²) in [7, 11) is 0. The molecule has 1 aliphatic rings. The molecule has 18 heavy (non-hydrogen) atoms. The third-order valence-electron chi connectivity index (χ3n) is 4.00. The minimum Gasteiger partial charge on any atom is -0.311 e. The Morgan fingerprint density at radius 3 is 2.44 bits per heavy atom. The van der Waals surface area contributed by atoms with E-state index in [9.17, 15) is 0 Å². The van der Waals surface area contributed by atoms with Crippen molar-refractivity contribution in [1.29, 1.82) is 0 Å². The van der Waals surface area contributed by atoms with Crippen LogP contribution in [-0.2, 0) is 0 Å². The third kappa shape index (κ3) is 5.71.